The van der Waals surface area contributed by atoms with Crippen LogP contribution in [0.2, 0.25) is 0 Å². The first-order chi connectivity index (χ1) is 9.65. The van der Waals surface area contributed by atoms with Crippen LogP contribution in [-0.4, -0.2) is 14.8 Å². The molecule has 1 aromatic heterocycles. The summed E-state index contributed by atoms with van der Waals surface area (Å²) in [6.07, 6.45) is 0.816. The number of nitriles is 1. The molecule has 20 heavy (non-hydrogen) atoms. The van der Waals surface area contributed by atoms with E-state index in [0.717, 1.165) is 6.42 Å². The van der Waals surface area contributed by atoms with Crippen LogP contribution in [0.25, 0.3) is 0 Å². The lowest BCUT2D eigenvalue weighted by molar-refractivity contribution is 0.603. The first-order valence-corrected chi connectivity index (χ1v) is 7.10. The van der Waals surface area contributed by atoms with Crippen molar-refractivity contribution < 1.29 is 4.39 Å². The number of halogens is 1. The van der Waals surface area contributed by atoms with Crippen LogP contribution >= 0.6 is 11.8 Å². The van der Waals surface area contributed by atoms with Gasteiger partial charge in [0.05, 0.1) is 11.6 Å². The first kappa shape index (κ1) is 14.3. The predicted octanol–water partition coefficient (Wildman–Crippen LogP) is 2.28. The third-order valence-electron chi connectivity index (χ3n) is 2.71. The molecule has 2 rings (SSSR count). The van der Waals surface area contributed by atoms with Crippen LogP contribution in [0.15, 0.2) is 28.2 Å². The molecule has 0 amide bonds. The third kappa shape index (κ3) is 3.08. The average Bonchev–Trinajstić information content (AvgIpc) is 2.78. The smallest absolute Gasteiger partial charge is 0.270 e. The zero-order valence-corrected chi connectivity index (χ0v) is 11.7. The molecular formula is C13H13FN4OS. The van der Waals surface area contributed by atoms with Crippen molar-refractivity contribution in [2.24, 2.45) is 0 Å². The van der Waals surface area contributed by atoms with Gasteiger partial charge in [-0.05, 0) is 30.2 Å². The molecule has 0 aliphatic carbocycles. The summed E-state index contributed by atoms with van der Waals surface area (Å²) in [5.41, 5.74) is 0.768. The summed E-state index contributed by atoms with van der Waals surface area (Å²) >= 11 is 1.30. The number of hydrogen-bond acceptors (Lipinski definition) is 4. The van der Waals surface area contributed by atoms with Gasteiger partial charge in [0.2, 0.25) is 0 Å². The fraction of sp³-hybridized carbons (Fsp3) is 0.308. The number of thioether (sulfide) groups is 1. The highest BCUT2D eigenvalue weighted by molar-refractivity contribution is 7.98. The van der Waals surface area contributed by atoms with E-state index in [4.69, 9.17) is 5.26 Å². The minimum absolute atomic E-state index is 0.255. The summed E-state index contributed by atoms with van der Waals surface area (Å²) in [4.78, 5) is 11.5. The van der Waals surface area contributed by atoms with E-state index in [1.165, 1.54) is 34.5 Å². The summed E-state index contributed by atoms with van der Waals surface area (Å²) in [6, 6.07) is 6.07. The predicted molar refractivity (Wildman–Crippen MR) is 73.8 cm³/mol. The van der Waals surface area contributed by atoms with E-state index in [1.807, 2.05) is 13.0 Å². The van der Waals surface area contributed by atoms with Gasteiger partial charge in [-0.15, -0.1) is 5.10 Å². The van der Waals surface area contributed by atoms with Gasteiger partial charge in [0.1, 0.15) is 5.82 Å². The lowest BCUT2D eigenvalue weighted by Crippen LogP contribution is -2.17. The van der Waals surface area contributed by atoms with Gasteiger partial charge in [-0.25, -0.2) is 14.3 Å². The molecule has 1 heterocycles. The largest absolute Gasteiger partial charge is 0.343 e. The summed E-state index contributed by atoms with van der Waals surface area (Å²) in [7, 11) is 0. The number of rotatable bonds is 5. The van der Waals surface area contributed by atoms with Gasteiger partial charge < -0.3 is 0 Å². The highest BCUT2D eigenvalue weighted by Gasteiger charge is 2.10. The average molecular weight is 292 g/mol. The number of benzene rings is 1. The molecule has 0 fully saturated rings. The molecule has 0 unspecified atom stereocenters. The van der Waals surface area contributed by atoms with Crippen molar-refractivity contribution in [1.82, 2.24) is 14.8 Å². The van der Waals surface area contributed by atoms with Gasteiger partial charge in [-0.3, -0.25) is 4.57 Å². The number of H-pyrrole nitrogens is 1. The molecule has 0 saturated heterocycles. The summed E-state index contributed by atoms with van der Waals surface area (Å²) < 4.78 is 14.8. The molecule has 7 heteroatoms. The van der Waals surface area contributed by atoms with Gasteiger partial charge in [0, 0.05) is 12.3 Å². The first-order valence-electron chi connectivity index (χ1n) is 6.12. The van der Waals surface area contributed by atoms with Crippen LogP contribution in [0.1, 0.15) is 24.5 Å². The van der Waals surface area contributed by atoms with Crippen LogP contribution in [0, 0.1) is 17.1 Å². The third-order valence-corrected chi connectivity index (χ3v) is 3.74. The Bertz CT molecular complexity index is 701. The molecule has 0 aliphatic rings. The lowest BCUT2D eigenvalue weighted by Gasteiger charge is -2.05. The van der Waals surface area contributed by atoms with Crippen LogP contribution < -0.4 is 5.69 Å². The van der Waals surface area contributed by atoms with E-state index in [1.54, 1.807) is 0 Å². The van der Waals surface area contributed by atoms with E-state index in [0.29, 0.717) is 28.6 Å². The molecule has 0 spiro atoms. The molecule has 1 N–H and O–H groups in total. The van der Waals surface area contributed by atoms with Crippen molar-refractivity contribution in [1.29, 1.82) is 5.26 Å². The Morgan fingerprint density at radius 2 is 2.35 bits per heavy atom. The highest BCUT2D eigenvalue weighted by Crippen LogP contribution is 2.22. The highest BCUT2D eigenvalue weighted by atomic mass is 32.2. The van der Waals surface area contributed by atoms with E-state index < -0.39 is 0 Å². The number of aromatic nitrogens is 3. The molecule has 5 nitrogen and oxygen atoms in total. The number of hydrogen-bond donors (Lipinski definition) is 1. The minimum atomic E-state index is -0.382. The molecule has 0 radical (unpaired) electrons. The van der Waals surface area contributed by atoms with Crippen molar-refractivity contribution >= 4 is 11.8 Å². The monoisotopic (exact) mass is 292 g/mol. The molecule has 1 aromatic carbocycles. The molecule has 104 valence electrons. The Labute approximate surface area is 119 Å². The Hall–Kier alpha value is -2.07. The standard InChI is InChI=1S/C13H13FN4OS/c1-2-5-18-12(19)16-17-13(18)20-8-10-6-11(14)4-3-9(10)7-15/h3-4,6H,2,5,8H2,1H3,(H,16,19). The molecule has 0 aliphatic heterocycles. The Morgan fingerprint density at radius 3 is 3.05 bits per heavy atom. The summed E-state index contributed by atoms with van der Waals surface area (Å²) in [5, 5.41) is 15.9. The van der Waals surface area contributed by atoms with Crippen LogP contribution in [0.3, 0.4) is 0 Å². The maximum Gasteiger partial charge on any atom is 0.343 e. The Balaban J connectivity index is 2.19. The maximum atomic E-state index is 13.2. The van der Waals surface area contributed by atoms with Crippen LogP contribution in [-0.2, 0) is 12.3 Å². The quantitative estimate of drug-likeness (QED) is 0.858. The van der Waals surface area contributed by atoms with Gasteiger partial charge in [0.15, 0.2) is 5.16 Å². The van der Waals surface area contributed by atoms with Crippen molar-refractivity contribution in [3.05, 3.63) is 45.6 Å². The SMILES string of the molecule is CCCn1c(SCc2cc(F)ccc2C#N)n[nH]c1=O. The van der Waals surface area contributed by atoms with Crippen molar-refractivity contribution in [2.45, 2.75) is 30.8 Å². The maximum absolute atomic E-state index is 13.2. The van der Waals surface area contributed by atoms with Gasteiger partial charge in [-0.1, -0.05) is 18.7 Å². The minimum Gasteiger partial charge on any atom is -0.270 e. The molecule has 2 aromatic rings. The number of nitrogens with zero attached hydrogens (tertiary/aromatic N) is 3. The topological polar surface area (TPSA) is 74.5 Å². The fourth-order valence-corrected chi connectivity index (χ4v) is 2.73. The zero-order chi connectivity index (χ0) is 14.5. The second-order valence-electron chi connectivity index (χ2n) is 4.16. The van der Waals surface area contributed by atoms with Crippen LogP contribution in [0.5, 0.6) is 0 Å². The lowest BCUT2D eigenvalue weighted by atomic mass is 10.1. The zero-order valence-electron chi connectivity index (χ0n) is 10.9. The second kappa shape index (κ2) is 6.39. The summed E-state index contributed by atoms with van der Waals surface area (Å²) in [6.45, 7) is 2.54. The molecular weight excluding hydrogens is 279 g/mol. The Kier molecular flexibility index (Phi) is 4.58. The molecule has 0 saturated carbocycles. The van der Waals surface area contributed by atoms with E-state index in [-0.39, 0.29) is 11.5 Å². The Morgan fingerprint density at radius 1 is 1.55 bits per heavy atom. The van der Waals surface area contributed by atoms with E-state index in [2.05, 4.69) is 10.2 Å². The second-order valence-corrected chi connectivity index (χ2v) is 5.11. The van der Waals surface area contributed by atoms with Gasteiger partial charge in [-0.2, -0.15) is 5.26 Å². The number of aromatic amines is 1. The van der Waals surface area contributed by atoms with Gasteiger partial charge in [0.25, 0.3) is 0 Å². The molecule has 0 bridgehead atoms. The fourth-order valence-electron chi connectivity index (χ4n) is 1.77. The van der Waals surface area contributed by atoms with Crippen molar-refractivity contribution in [3.8, 4) is 6.07 Å². The van der Waals surface area contributed by atoms with E-state index >= 15 is 0 Å². The molecule has 0 atom stereocenters. The van der Waals surface area contributed by atoms with Gasteiger partial charge >= 0.3 is 5.69 Å². The summed E-state index contributed by atoms with van der Waals surface area (Å²) in [5.74, 6) is 0.00172. The normalized spacial score (nSPS) is 10.4. The van der Waals surface area contributed by atoms with Crippen molar-refractivity contribution in [3.63, 3.8) is 0 Å². The number of nitrogens with one attached hydrogen (secondary N) is 1. The van der Waals surface area contributed by atoms with Crippen molar-refractivity contribution in [2.75, 3.05) is 0 Å². The van der Waals surface area contributed by atoms with E-state index in [9.17, 15) is 9.18 Å². The van der Waals surface area contributed by atoms with Crippen LogP contribution in [0.4, 0.5) is 4.39 Å².